The lowest BCUT2D eigenvalue weighted by Gasteiger charge is -2.18. The fraction of sp³-hybridized carbons (Fsp3) is 0.455. The maximum Gasteiger partial charge on any atom is 0.274 e. The summed E-state index contributed by atoms with van der Waals surface area (Å²) < 4.78 is 31.5. The molecule has 0 saturated carbocycles. The van der Waals surface area contributed by atoms with E-state index in [1.807, 2.05) is 6.92 Å². The lowest BCUT2D eigenvalue weighted by molar-refractivity contribution is 0.0149. The van der Waals surface area contributed by atoms with E-state index in [0.717, 1.165) is 12.5 Å². The van der Waals surface area contributed by atoms with Crippen LogP contribution in [0.4, 0.5) is 8.78 Å². The molecule has 1 rings (SSSR count). The molecule has 0 bridgehead atoms. The highest BCUT2D eigenvalue weighted by atomic mass is 19.3. The van der Waals surface area contributed by atoms with Gasteiger partial charge in [0, 0.05) is 19.0 Å². The number of methoxy groups -OCH3 is 1. The Balaban J connectivity index is 3.42. The molecule has 0 amide bonds. The van der Waals surface area contributed by atoms with Crippen LogP contribution < -0.4 is 10.5 Å². The molecule has 0 fully saturated rings. The summed E-state index contributed by atoms with van der Waals surface area (Å²) in [4.78, 5) is 0. The Morgan fingerprint density at radius 1 is 1.40 bits per heavy atom. The largest absolute Gasteiger partial charge is 0.496 e. The summed E-state index contributed by atoms with van der Waals surface area (Å²) in [6, 6.07) is 3.02. The fourth-order valence-corrected chi connectivity index (χ4v) is 1.56. The third-order valence-electron chi connectivity index (χ3n) is 2.38. The number of hydrogen-bond acceptors (Lipinski definition) is 2. The predicted octanol–water partition coefficient (Wildman–Crippen LogP) is 2.57. The van der Waals surface area contributed by atoms with Crippen molar-refractivity contribution in [2.24, 2.45) is 5.73 Å². The first-order valence-electron chi connectivity index (χ1n) is 4.66. The van der Waals surface area contributed by atoms with Crippen LogP contribution in [0.1, 0.15) is 23.6 Å². The summed E-state index contributed by atoms with van der Waals surface area (Å²) in [7, 11) is 1.38. The van der Waals surface area contributed by atoms with Crippen molar-refractivity contribution in [3.8, 4) is 5.75 Å². The normalized spacial score (nSPS) is 11.6. The van der Waals surface area contributed by atoms with Gasteiger partial charge in [0.1, 0.15) is 5.75 Å². The number of alkyl halides is 2. The van der Waals surface area contributed by atoms with E-state index in [1.165, 1.54) is 13.2 Å². The van der Waals surface area contributed by atoms with E-state index < -0.39 is 5.92 Å². The number of nitrogens with two attached hydrogens (primary N) is 1. The van der Waals surface area contributed by atoms with Crippen molar-refractivity contribution in [1.82, 2.24) is 0 Å². The van der Waals surface area contributed by atoms with Crippen molar-refractivity contribution in [2.45, 2.75) is 26.3 Å². The van der Waals surface area contributed by atoms with Crippen LogP contribution in [0.25, 0.3) is 0 Å². The molecule has 0 aromatic heterocycles. The molecule has 4 heteroatoms. The first kappa shape index (κ1) is 11.9. The second-order valence-electron chi connectivity index (χ2n) is 3.53. The molecule has 1 aromatic rings. The van der Waals surface area contributed by atoms with E-state index in [1.54, 1.807) is 6.07 Å². The minimum Gasteiger partial charge on any atom is -0.496 e. The van der Waals surface area contributed by atoms with Crippen LogP contribution in [0.15, 0.2) is 12.1 Å². The molecule has 0 atom stereocenters. The van der Waals surface area contributed by atoms with Gasteiger partial charge in [-0.2, -0.15) is 0 Å². The monoisotopic (exact) mass is 215 g/mol. The zero-order valence-corrected chi connectivity index (χ0v) is 9.10. The molecule has 0 aliphatic heterocycles. The smallest absolute Gasteiger partial charge is 0.274 e. The maximum absolute atomic E-state index is 13.2. The Labute approximate surface area is 88.0 Å². The summed E-state index contributed by atoms with van der Waals surface area (Å²) >= 11 is 0. The average molecular weight is 215 g/mol. The van der Waals surface area contributed by atoms with Crippen molar-refractivity contribution < 1.29 is 13.5 Å². The van der Waals surface area contributed by atoms with Gasteiger partial charge in [-0.05, 0) is 18.6 Å². The summed E-state index contributed by atoms with van der Waals surface area (Å²) in [5, 5.41) is 0. The number of halogens is 2. The van der Waals surface area contributed by atoms with E-state index >= 15 is 0 Å². The third-order valence-corrected chi connectivity index (χ3v) is 2.38. The Kier molecular flexibility index (Phi) is 3.29. The van der Waals surface area contributed by atoms with Crippen molar-refractivity contribution >= 4 is 0 Å². The molecule has 2 nitrogen and oxygen atoms in total. The van der Waals surface area contributed by atoms with Crippen LogP contribution in [0.3, 0.4) is 0 Å². The zero-order valence-electron chi connectivity index (χ0n) is 9.10. The van der Waals surface area contributed by atoms with Crippen molar-refractivity contribution in [3.63, 3.8) is 0 Å². The fourth-order valence-electron chi connectivity index (χ4n) is 1.56. The molecule has 0 spiro atoms. The van der Waals surface area contributed by atoms with E-state index in [2.05, 4.69) is 0 Å². The number of hydrogen-bond donors (Lipinski definition) is 1. The van der Waals surface area contributed by atoms with Gasteiger partial charge in [0.2, 0.25) is 0 Å². The van der Waals surface area contributed by atoms with Gasteiger partial charge in [-0.3, -0.25) is 0 Å². The Hall–Kier alpha value is -1.16. The second-order valence-corrected chi connectivity index (χ2v) is 3.53. The molecule has 0 heterocycles. The van der Waals surface area contributed by atoms with Crippen LogP contribution in [-0.2, 0) is 12.5 Å². The van der Waals surface area contributed by atoms with Gasteiger partial charge in [-0.1, -0.05) is 6.07 Å². The van der Waals surface area contributed by atoms with E-state index in [4.69, 9.17) is 10.5 Å². The molecule has 15 heavy (non-hydrogen) atoms. The summed E-state index contributed by atoms with van der Waals surface area (Å²) in [5.41, 5.74) is 6.90. The highest BCUT2D eigenvalue weighted by Crippen LogP contribution is 2.37. The van der Waals surface area contributed by atoms with Crippen molar-refractivity contribution in [2.75, 3.05) is 7.11 Å². The van der Waals surface area contributed by atoms with Crippen LogP contribution >= 0.6 is 0 Å². The van der Waals surface area contributed by atoms with Crippen LogP contribution in [0.2, 0.25) is 0 Å². The first-order chi connectivity index (χ1) is 6.91. The van der Waals surface area contributed by atoms with E-state index in [0.29, 0.717) is 5.56 Å². The topological polar surface area (TPSA) is 35.2 Å². The molecular formula is C11H15F2NO. The Bertz CT molecular complexity index is 358. The van der Waals surface area contributed by atoms with Gasteiger partial charge < -0.3 is 10.5 Å². The minimum absolute atomic E-state index is 0.115. The second kappa shape index (κ2) is 4.14. The molecule has 0 aliphatic rings. The van der Waals surface area contributed by atoms with Gasteiger partial charge >= 0.3 is 0 Å². The zero-order chi connectivity index (χ0) is 11.6. The molecule has 0 unspecified atom stereocenters. The lowest BCUT2D eigenvalue weighted by atomic mass is 10.00. The highest BCUT2D eigenvalue weighted by molar-refractivity contribution is 5.47. The van der Waals surface area contributed by atoms with Gasteiger partial charge in [0.25, 0.3) is 5.92 Å². The molecule has 0 radical (unpaired) electrons. The van der Waals surface area contributed by atoms with Crippen LogP contribution in [-0.4, -0.2) is 7.11 Å². The highest BCUT2D eigenvalue weighted by Gasteiger charge is 2.29. The molecule has 2 N–H and O–H groups in total. The van der Waals surface area contributed by atoms with Crippen molar-refractivity contribution in [1.29, 1.82) is 0 Å². The molecule has 0 saturated heterocycles. The maximum atomic E-state index is 13.2. The summed E-state index contributed by atoms with van der Waals surface area (Å²) in [6.45, 7) is 2.86. The quantitative estimate of drug-likeness (QED) is 0.841. The Morgan fingerprint density at radius 3 is 2.40 bits per heavy atom. The predicted molar refractivity (Wildman–Crippen MR) is 55.2 cm³/mol. The average Bonchev–Trinajstić information content (AvgIpc) is 2.15. The molecule has 1 aromatic carbocycles. The minimum atomic E-state index is -2.91. The van der Waals surface area contributed by atoms with Gasteiger partial charge in [0.15, 0.2) is 0 Å². The number of benzene rings is 1. The van der Waals surface area contributed by atoms with Gasteiger partial charge in [-0.15, -0.1) is 0 Å². The Morgan fingerprint density at radius 2 is 2.00 bits per heavy atom. The van der Waals surface area contributed by atoms with Crippen LogP contribution in [0.5, 0.6) is 5.75 Å². The number of aryl methyl sites for hydroxylation is 1. The summed E-state index contributed by atoms with van der Waals surface area (Å²) in [6.07, 6.45) is 0. The van der Waals surface area contributed by atoms with Crippen molar-refractivity contribution in [3.05, 3.63) is 28.8 Å². The number of ether oxygens (including phenoxy) is 1. The first-order valence-corrected chi connectivity index (χ1v) is 4.66. The number of rotatable bonds is 3. The van der Waals surface area contributed by atoms with Gasteiger partial charge in [0.05, 0.1) is 12.7 Å². The molecular weight excluding hydrogens is 200 g/mol. The van der Waals surface area contributed by atoms with E-state index in [9.17, 15) is 8.78 Å². The standard InChI is InChI=1S/C11H15F2NO/c1-7-4-5-9(11(2,12)13)10(15-3)8(7)6-14/h4-5H,6,14H2,1-3H3. The molecule has 84 valence electrons. The molecule has 0 aliphatic carbocycles. The third kappa shape index (κ3) is 2.26. The van der Waals surface area contributed by atoms with Gasteiger partial charge in [-0.25, -0.2) is 8.78 Å². The van der Waals surface area contributed by atoms with E-state index in [-0.39, 0.29) is 17.9 Å². The van der Waals surface area contributed by atoms with Crippen LogP contribution in [0, 0.1) is 6.92 Å². The SMILES string of the molecule is COc1c(C(C)(F)F)ccc(C)c1CN. The summed E-state index contributed by atoms with van der Waals surface area (Å²) in [5.74, 6) is -2.71. The lowest BCUT2D eigenvalue weighted by Crippen LogP contribution is -2.13.